The van der Waals surface area contributed by atoms with Gasteiger partial charge in [-0.15, -0.1) is 11.8 Å². The van der Waals surface area contributed by atoms with Crippen LogP contribution in [0.3, 0.4) is 0 Å². The summed E-state index contributed by atoms with van der Waals surface area (Å²) in [5, 5.41) is 0. The quantitative estimate of drug-likeness (QED) is 0.465. The van der Waals surface area contributed by atoms with Gasteiger partial charge in [-0.2, -0.15) is 0 Å². The molecule has 0 aliphatic rings. The first kappa shape index (κ1) is 14.5. The second-order valence-electron chi connectivity index (χ2n) is 4.07. The predicted molar refractivity (Wildman–Crippen MR) is 77.9 cm³/mol. The summed E-state index contributed by atoms with van der Waals surface area (Å²) in [5.74, 6) is -2.13. The highest BCUT2D eigenvalue weighted by Gasteiger charge is 2.06. The lowest BCUT2D eigenvalue weighted by molar-refractivity contribution is 0.104. The van der Waals surface area contributed by atoms with E-state index >= 15 is 0 Å². The van der Waals surface area contributed by atoms with Gasteiger partial charge in [0.2, 0.25) is 0 Å². The largest absolute Gasteiger partial charge is 0.289 e. The molecule has 0 bridgehead atoms. The number of halogens is 2. The number of benzene rings is 2. The molecule has 2 aromatic rings. The number of rotatable bonds is 4. The molecule has 20 heavy (non-hydrogen) atoms. The van der Waals surface area contributed by atoms with E-state index in [4.69, 9.17) is 0 Å². The first-order chi connectivity index (χ1) is 9.61. The van der Waals surface area contributed by atoms with Crippen LogP contribution >= 0.6 is 11.8 Å². The summed E-state index contributed by atoms with van der Waals surface area (Å²) in [7, 11) is 0. The van der Waals surface area contributed by atoms with Crippen molar-refractivity contribution in [2.45, 2.75) is 4.90 Å². The molecule has 0 radical (unpaired) electrons. The molecule has 0 spiro atoms. The summed E-state index contributed by atoms with van der Waals surface area (Å²) in [6, 6.07) is 11.0. The predicted octanol–water partition coefficient (Wildman–Crippen LogP) is 4.58. The maximum absolute atomic E-state index is 13.4. The monoisotopic (exact) mass is 290 g/mol. The van der Waals surface area contributed by atoms with Crippen LogP contribution in [0.1, 0.15) is 15.9 Å². The average Bonchev–Trinajstić information content (AvgIpc) is 2.48. The van der Waals surface area contributed by atoms with Crippen molar-refractivity contribution in [3.63, 3.8) is 0 Å². The number of carbonyl (C=O) groups is 1. The molecule has 1 nitrogen and oxygen atoms in total. The van der Waals surface area contributed by atoms with Crippen LogP contribution in [0.4, 0.5) is 8.78 Å². The van der Waals surface area contributed by atoms with Gasteiger partial charge in [0.15, 0.2) is 17.4 Å². The molecule has 0 atom stereocenters. The molecule has 0 amide bonds. The Labute approximate surface area is 120 Å². The molecule has 0 unspecified atom stereocenters. The second kappa shape index (κ2) is 6.48. The summed E-state index contributed by atoms with van der Waals surface area (Å²) < 4.78 is 26.4. The molecular formula is C16H12F2OS. The van der Waals surface area contributed by atoms with Gasteiger partial charge < -0.3 is 0 Å². The molecule has 0 aliphatic heterocycles. The van der Waals surface area contributed by atoms with Crippen molar-refractivity contribution in [3.8, 4) is 0 Å². The highest BCUT2D eigenvalue weighted by Crippen LogP contribution is 2.16. The van der Waals surface area contributed by atoms with Crippen LogP contribution in [0, 0.1) is 11.6 Å². The average molecular weight is 290 g/mol. The minimum atomic E-state index is -0.950. The molecule has 0 aliphatic carbocycles. The van der Waals surface area contributed by atoms with Crippen LogP contribution in [0.15, 0.2) is 53.4 Å². The zero-order valence-corrected chi connectivity index (χ0v) is 11.6. The molecule has 0 aromatic heterocycles. The highest BCUT2D eigenvalue weighted by atomic mass is 32.2. The Hall–Kier alpha value is -1.94. The zero-order valence-electron chi connectivity index (χ0n) is 10.8. The smallest absolute Gasteiger partial charge is 0.185 e. The van der Waals surface area contributed by atoms with Gasteiger partial charge >= 0.3 is 0 Å². The van der Waals surface area contributed by atoms with E-state index in [2.05, 4.69) is 0 Å². The van der Waals surface area contributed by atoms with E-state index in [9.17, 15) is 13.6 Å². The van der Waals surface area contributed by atoms with Gasteiger partial charge in [-0.1, -0.05) is 12.1 Å². The van der Waals surface area contributed by atoms with E-state index in [0.29, 0.717) is 5.56 Å². The maximum atomic E-state index is 13.4. The summed E-state index contributed by atoms with van der Waals surface area (Å²) in [4.78, 5) is 13.0. The molecule has 0 saturated heterocycles. The third-order valence-electron chi connectivity index (χ3n) is 2.77. The molecule has 2 aromatic carbocycles. The van der Waals surface area contributed by atoms with Crippen LogP contribution in [-0.2, 0) is 0 Å². The van der Waals surface area contributed by atoms with Crippen molar-refractivity contribution >= 4 is 23.6 Å². The lowest BCUT2D eigenvalue weighted by Gasteiger charge is -1.99. The van der Waals surface area contributed by atoms with Crippen molar-refractivity contribution in [1.82, 2.24) is 0 Å². The van der Waals surface area contributed by atoms with E-state index in [1.165, 1.54) is 24.3 Å². The minimum Gasteiger partial charge on any atom is -0.289 e. The third kappa shape index (κ3) is 3.33. The Kier molecular flexibility index (Phi) is 4.69. The standard InChI is InChI=1S/C16H12F2OS/c1-20-13-8-5-11(6-9-13)15(19)10-7-12-3-2-4-14(17)16(12)18/h2-10H,1H3/b10-7+. The van der Waals surface area contributed by atoms with E-state index in [1.807, 2.05) is 18.4 Å². The zero-order chi connectivity index (χ0) is 14.5. The number of carbonyl (C=O) groups excluding carboxylic acids is 1. The van der Waals surface area contributed by atoms with Crippen LogP contribution < -0.4 is 0 Å². The van der Waals surface area contributed by atoms with Crippen molar-refractivity contribution in [3.05, 3.63) is 71.3 Å². The van der Waals surface area contributed by atoms with Gasteiger partial charge in [-0.3, -0.25) is 4.79 Å². The summed E-state index contributed by atoms with van der Waals surface area (Å²) in [6.07, 6.45) is 4.47. The van der Waals surface area contributed by atoms with Gasteiger partial charge in [0.05, 0.1) is 0 Å². The first-order valence-electron chi connectivity index (χ1n) is 5.92. The number of hydrogen-bond acceptors (Lipinski definition) is 2. The van der Waals surface area contributed by atoms with Gasteiger partial charge in [-0.25, -0.2) is 8.78 Å². The minimum absolute atomic E-state index is 0.0547. The molecule has 0 heterocycles. The SMILES string of the molecule is CSc1ccc(C(=O)/C=C/c2cccc(F)c2F)cc1. The van der Waals surface area contributed by atoms with Crippen LogP contribution in [0.25, 0.3) is 6.08 Å². The molecular weight excluding hydrogens is 278 g/mol. The third-order valence-corrected chi connectivity index (χ3v) is 3.51. The van der Waals surface area contributed by atoms with E-state index in [1.54, 1.807) is 23.9 Å². The normalized spacial score (nSPS) is 10.9. The summed E-state index contributed by atoms with van der Waals surface area (Å²) >= 11 is 1.58. The van der Waals surface area contributed by atoms with E-state index < -0.39 is 11.6 Å². The fraction of sp³-hybridized carbons (Fsp3) is 0.0625. The fourth-order valence-electron chi connectivity index (χ4n) is 1.67. The van der Waals surface area contributed by atoms with Gasteiger partial charge in [0, 0.05) is 16.0 Å². The van der Waals surface area contributed by atoms with Crippen LogP contribution in [-0.4, -0.2) is 12.0 Å². The molecule has 4 heteroatoms. The van der Waals surface area contributed by atoms with Crippen molar-refractivity contribution < 1.29 is 13.6 Å². The molecule has 102 valence electrons. The van der Waals surface area contributed by atoms with Gasteiger partial charge in [0.25, 0.3) is 0 Å². The Morgan fingerprint density at radius 3 is 2.45 bits per heavy atom. The molecule has 2 rings (SSSR count). The van der Waals surface area contributed by atoms with Crippen LogP contribution in [0.5, 0.6) is 0 Å². The second-order valence-corrected chi connectivity index (χ2v) is 4.95. The molecule has 0 saturated carbocycles. The van der Waals surface area contributed by atoms with Crippen molar-refractivity contribution in [1.29, 1.82) is 0 Å². The lowest BCUT2D eigenvalue weighted by atomic mass is 10.1. The van der Waals surface area contributed by atoms with Gasteiger partial charge in [0.1, 0.15) is 0 Å². The number of ketones is 1. The Morgan fingerprint density at radius 2 is 1.80 bits per heavy atom. The highest BCUT2D eigenvalue weighted by molar-refractivity contribution is 7.98. The number of allylic oxidation sites excluding steroid dienone is 1. The number of hydrogen-bond donors (Lipinski definition) is 0. The van der Waals surface area contributed by atoms with Crippen molar-refractivity contribution in [2.75, 3.05) is 6.26 Å². The molecule has 0 fully saturated rings. The van der Waals surface area contributed by atoms with Crippen molar-refractivity contribution in [2.24, 2.45) is 0 Å². The molecule has 0 N–H and O–H groups in total. The number of thioether (sulfide) groups is 1. The lowest BCUT2D eigenvalue weighted by Crippen LogP contribution is -1.94. The van der Waals surface area contributed by atoms with E-state index in [-0.39, 0.29) is 11.3 Å². The van der Waals surface area contributed by atoms with Gasteiger partial charge in [-0.05, 0) is 48.7 Å². The topological polar surface area (TPSA) is 17.1 Å². The van der Waals surface area contributed by atoms with E-state index in [0.717, 1.165) is 11.0 Å². The Balaban J connectivity index is 2.18. The summed E-state index contributed by atoms with van der Waals surface area (Å²) in [5.41, 5.74) is 0.565. The fourth-order valence-corrected chi connectivity index (χ4v) is 2.07. The first-order valence-corrected chi connectivity index (χ1v) is 7.15. The van der Waals surface area contributed by atoms with Crippen LogP contribution in [0.2, 0.25) is 0 Å². The Morgan fingerprint density at radius 1 is 1.10 bits per heavy atom. The maximum Gasteiger partial charge on any atom is 0.185 e. The summed E-state index contributed by atoms with van der Waals surface area (Å²) in [6.45, 7) is 0. The Bertz CT molecular complexity index is 648.